The summed E-state index contributed by atoms with van der Waals surface area (Å²) in [5.41, 5.74) is 8.96. The number of nitrogens with zero attached hydrogens (tertiary/aromatic N) is 1. The summed E-state index contributed by atoms with van der Waals surface area (Å²) < 4.78 is 0. The lowest BCUT2D eigenvalue weighted by atomic mass is 9.61. The predicted octanol–water partition coefficient (Wildman–Crippen LogP) is 3.62. The molecule has 2 amide bonds. The van der Waals surface area contributed by atoms with Crippen LogP contribution in [0.2, 0.25) is 0 Å². The van der Waals surface area contributed by atoms with Crippen LogP contribution in [0.25, 0.3) is 0 Å². The minimum Gasteiger partial charge on any atom is -0.388 e. The molecule has 3 atom stereocenters. The second-order valence-electron chi connectivity index (χ2n) is 8.37. The highest BCUT2D eigenvalue weighted by Crippen LogP contribution is 2.49. The number of fused-ring (bicyclic) bond motifs is 1. The molecule has 0 aromatic heterocycles. The van der Waals surface area contributed by atoms with Crippen molar-refractivity contribution >= 4 is 6.03 Å². The molecule has 1 fully saturated rings. The fourth-order valence-electron chi connectivity index (χ4n) is 4.89. The second kappa shape index (κ2) is 6.40. The molecule has 4 heteroatoms. The van der Waals surface area contributed by atoms with Gasteiger partial charge in [0, 0.05) is 13.1 Å². The number of rotatable bonds is 2. The summed E-state index contributed by atoms with van der Waals surface area (Å²) in [6, 6.07) is 5.88. The Morgan fingerprint density at radius 3 is 2.79 bits per heavy atom. The summed E-state index contributed by atoms with van der Waals surface area (Å²) in [5.74, 6) is 0.820. The van der Waals surface area contributed by atoms with Crippen LogP contribution in [0.1, 0.15) is 62.8 Å². The van der Waals surface area contributed by atoms with Crippen LogP contribution >= 0.6 is 0 Å². The molecular formula is C20H30N2O2. The molecule has 3 N–H and O–H groups in total. The zero-order valence-electron chi connectivity index (χ0n) is 15.1. The van der Waals surface area contributed by atoms with Crippen LogP contribution in [-0.4, -0.2) is 22.6 Å². The Morgan fingerprint density at radius 1 is 1.38 bits per heavy atom. The number of hydrogen-bond acceptors (Lipinski definition) is 2. The first-order valence-electron chi connectivity index (χ1n) is 9.14. The molecule has 0 unspecified atom stereocenters. The van der Waals surface area contributed by atoms with Crippen LogP contribution in [0.5, 0.6) is 0 Å². The van der Waals surface area contributed by atoms with Gasteiger partial charge in [-0.1, -0.05) is 51.8 Å². The fraction of sp³-hybridized carbons (Fsp3) is 0.650. The highest BCUT2D eigenvalue weighted by Gasteiger charge is 2.41. The third-order valence-corrected chi connectivity index (χ3v) is 6.23. The van der Waals surface area contributed by atoms with Crippen LogP contribution in [0.15, 0.2) is 18.2 Å². The Hall–Kier alpha value is -1.55. The lowest BCUT2D eigenvalue weighted by molar-refractivity contribution is -0.0293. The molecule has 0 bridgehead atoms. The van der Waals surface area contributed by atoms with Gasteiger partial charge in [0.15, 0.2) is 0 Å². The summed E-state index contributed by atoms with van der Waals surface area (Å²) in [6.07, 6.45) is 4.02. The average molecular weight is 330 g/mol. The van der Waals surface area contributed by atoms with Crippen molar-refractivity contribution in [3.05, 3.63) is 34.9 Å². The summed E-state index contributed by atoms with van der Waals surface area (Å²) in [7, 11) is 0. The van der Waals surface area contributed by atoms with E-state index in [1.165, 1.54) is 24.8 Å². The maximum atomic E-state index is 11.4. The van der Waals surface area contributed by atoms with Crippen LogP contribution in [-0.2, 0) is 13.0 Å². The van der Waals surface area contributed by atoms with E-state index in [0.717, 1.165) is 17.5 Å². The van der Waals surface area contributed by atoms with Crippen molar-refractivity contribution in [1.29, 1.82) is 0 Å². The van der Waals surface area contributed by atoms with Gasteiger partial charge in [-0.2, -0.15) is 0 Å². The Balaban J connectivity index is 1.84. The third kappa shape index (κ3) is 3.16. The number of carbonyl (C=O) groups excluding carboxylic acids is 1. The molecular weight excluding hydrogens is 300 g/mol. The summed E-state index contributed by atoms with van der Waals surface area (Å²) in [4.78, 5) is 13.0. The van der Waals surface area contributed by atoms with Gasteiger partial charge in [0.25, 0.3) is 0 Å². The molecule has 1 aromatic carbocycles. The van der Waals surface area contributed by atoms with Crippen molar-refractivity contribution in [1.82, 2.24) is 4.90 Å². The van der Waals surface area contributed by atoms with E-state index in [0.29, 0.717) is 19.0 Å². The predicted molar refractivity (Wildman–Crippen MR) is 95.4 cm³/mol. The minimum atomic E-state index is -0.422. The quantitative estimate of drug-likeness (QED) is 0.870. The lowest BCUT2D eigenvalue weighted by Crippen LogP contribution is -2.40. The molecule has 3 rings (SSSR count). The lowest BCUT2D eigenvalue weighted by Gasteiger charge is -2.45. The molecule has 1 heterocycles. The van der Waals surface area contributed by atoms with Crippen molar-refractivity contribution in [3.63, 3.8) is 0 Å². The van der Waals surface area contributed by atoms with Gasteiger partial charge in [-0.25, -0.2) is 4.79 Å². The van der Waals surface area contributed by atoms with Gasteiger partial charge in [0.1, 0.15) is 0 Å². The summed E-state index contributed by atoms with van der Waals surface area (Å²) in [6.45, 7) is 8.09. The first kappa shape index (κ1) is 17.3. The number of urea groups is 1. The topological polar surface area (TPSA) is 66.6 Å². The van der Waals surface area contributed by atoms with Gasteiger partial charge >= 0.3 is 6.03 Å². The van der Waals surface area contributed by atoms with Gasteiger partial charge in [0.2, 0.25) is 0 Å². The Labute approximate surface area is 145 Å². The van der Waals surface area contributed by atoms with Crippen molar-refractivity contribution in [2.24, 2.45) is 23.0 Å². The number of carbonyl (C=O) groups is 1. The number of primary amides is 1. The summed E-state index contributed by atoms with van der Waals surface area (Å²) in [5, 5.41) is 11.1. The van der Waals surface area contributed by atoms with E-state index >= 15 is 0 Å². The van der Waals surface area contributed by atoms with Gasteiger partial charge in [-0.3, -0.25) is 0 Å². The average Bonchev–Trinajstić information content (AvgIpc) is 2.52. The Kier molecular flexibility index (Phi) is 4.60. The molecule has 2 aliphatic rings. The number of benzene rings is 1. The Morgan fingerprint density at radius 2 is 2.12 bits per heavy atom. The number of amides is 2. The molecule has 132 valence electrons. The number of nitrogens with two attached hydrogens (primary N) is 1. The van der Waals surface area contributed by atoms with Crippen LogP contribution in [0.3, 0.4) is 0 Å². The monoisotopic (exact) mass is 330 g/mol. The first-order chi connectivity index (χ1) is 11.3. The van der Waals surface area contributed by atoms with E-state index in [2.05, 4.69) is 32.9 Å². The smallest absolute Gasteiger partial charge is 0.315 e. The van der Waals surface area contributed by atoms with Crippen molar-refractivity contribution in [2.75, 3.05) is 6.54 Å². The highest BCUT2D eigenvalue weighted by atomic mass is 16.3. The van der Waals surface area contributed by atoms with Gasteiger partial charge < -0.3 is 15.7 Å². The van der Waals surface area contributed by atoms with E-state index in [4.69, 9.17) is 5.73 Å². The van der Waals surface area contributed by atoms with Crippen LogP contribution in [0.4, 0.5) is 4.79 Å². The molecule has 0 spiro atoms. The maximum absolute atomic E-state index is 11.4. The number of aliphatic hydroxyl groups excluding tert-OH is 1. The zero-order valence-corrected chi connectivity index (χ0v) is 15.1. The van der Waals surface area contributed by atoms with E-state index in [-0.39, 0.29) is 17.4 Å². The van der Waals surface area contributed by atoms with E-state index in [1.807, 2.05) is 6.07 Å². The third-order valence-electron chi connectivity index (χ3n) is 6.23. The van der Waals surface area contributed by atoms with Crippen LogP contribution < -0.4 is 5.73 Å². The van der Waals surface area contributed by atoms with Gasteiger partial charge in [0.05, 0.1) is 6.10 Å². The van der Waals surface area contributed by atoms with E-state index < -0.39 is 6.10 Å². The number of aliphatic hydroxyl groups is 1. The standard InChI is InChI=1S/C20H30N2O2/c1-13-5-4-9-20(2,3)17(13)18(23)15-6-7-16-12-22(19(21)24)10-8-14(16)11-15/h6-7,11,13,17-18,23H,4-5,8-10,12H2,1-3H3,(H2,21,24)/t13-,17-,18+/m0/s1. The number of hydrogen-bond donors (Lipinski definition) is 2. The van der Waals surface area contributed by atoms with Crippen molar-refractivity contribution < 1.29 is 9.90 Å². The second-order valence-corrected chi connectivity index (χ2v) is 8.37. The van der Waals surface area contributed by atoms with E-state index in [9.17, 15) is 9.90 Å². The largest absolute Gasteiger partial charge is 0.388 e. The molecule has 24 heavy (non-hydrogen) atoms. The van der Waals surface area contributed by atoms with Gasteiger partial charge in [-0.05, 0) is 46.8 Å². The normalized spacial score (nSPS) is 27.4. The van der Waals surface area contributed by atoms with Crippen molar-refractivity contribution in [2.45, 2.75) is 59.1 Å². The van der Waals surface area contributed by atoms with E-state index in [1.54, 1.807) is 4.90 Å². The maximum Gasteiger partial charge on any atom is 0.315 e. The highest BCUT2D eigenvalue weighted by molar-refractivity contribution is 5.72. The van der Waals surface area contributed by atoms with Gasteiger partial charge in [-0.15, -0.1) is 0 Å². The molecule has 0 saturated heterocycles. The molecule has 1 saturated carbocycles. The zero-order chi connectivity index (χ0) is 17.5. The van der Waals surface area contributed by atoms with Crippen molar-refractivity contribution in [3.8, 4) is 0 Å². The molecule has 4 nitrogen and oxygen atoms in total. The molecule has 0 radical (unpaired) electrons. The SMILES string of the molecule is C[C@H]1CCCC(C)(C)[C@@H]1[C@H](O)c1ccc2c(c1)CCN(C(N)=O)C2. The fourth-order valence-corrected chi connectivity index (χ4v) is 4.89. The summed E-state index contributed by atoms with van der Waals surface area (Å²) >= 11 is 0. The first-order valence-corrected chi connectivity index (χ1v) is 9.14. The molecule has 1 aliphatic heterocycles. The molecule has 1 aliphatic carbocycles. The Bertz CT molecular complexity index is 626. The molecule has 1 aromatic rings. The minimum absolute atomic E-state index is 0.162. The van der Waals surface area contributed by atoms with Crippen LogP contribution in [0, 0.1) is 17.3 Å².